The van der Waals surface area contributed by atoms with Crippen molar-refractivity contribution in [3.8, 4) is 40.1 Å². The third-order valence-corrected chi connectivity index (χ3v) is 4.31. The van der Waals surface area contributed by atoms with E-state index in [4.69, 9.17) is 21.3 Å². The first kappa shape index (κ1) is 16.1. The van der Waals surface area contributed by atoms with Crippen LogP contribution in [-0.2, 0) is 0 Å². The molecular weight excluding hydrogens is 346 g/mol. The van der Waals surface area contributed by atoms with Gasteiger partial charge in [0.25, 0.3) is 0 Å². The van der Waals surface area contributed by atoms with Crippen molar-refractivity contribution in [3.05, 3.63) is 83.4 Å². The van der Waals surface area contributed by atoms with Crippen LogP contribution in [0.25, 0.3) is 34.0 Å². The Bertz CT molecular complexity index is 1100. The van der Waals surface area contributed by atoms with Gasteiger partial charge in [-0.3, -0.25) is 0 Å². The molecule has 1 heterocycles. The standard InChI is InChI=1S/C21H12ClN3O/c22-19-12-17(10-11-18(19)13-23)14-6-8-16(9-7-14)21-25-24-20(26-21)15-4-2-1-3-5-15/h1-12H. The van der Waals surface area contributed by atoms with E-state index in [9.17, 15) is 0 Å². The molecule has 0 N–H and O–H groups in total. The van der Waals surface area contributed by atoms with Crippen molar-refractivity contribution in [2.45, 2.75) is 0 Å². The highest BCUT2D eigenvalue weighted by atomic mass is 35.5. The van der Waals surface area contributed by atoms with Crippen molar-refractivity contribution in [2.24, 2.45) is 0 Å². The van der Waals surface area contributed by atoms with Crippen molar-refractivity contribution >= 4 is 11.6 Å². The van der Waals surface area contributed by atoms with Crippen LogP contribution in [0.1, 0.15) is 5.56 Å². The molecule has 4 rings (SSSR count). The Morgan fingerprint density at radius 1 is 0.731 bits per heavy atom. The average Bonchev–Trinajstić information content (AvgIpc) is 3.19. The monoisotopic (exact) mass is 357 g/mol. The molecule has 0 amide bonds. The van der Waals surface area contributed by atoms with Gasteiger partial charge in [0, 0.05) is 11.1 Å². The van der Waals surface area contributed by atoms with Gasteiger partial charge in [-0.25, -0.2) is 0 Å². The molecule has 5 heteroatoms. The maximum absolute atomic E-state index is 8.97. The number of benzene rings is 3. The highest BCUT2D eigenvalue weighted by Crippen LogP contribution is 2.28. The van der Waals surface area contributed by atoms with Crippen LogP contribution in [0.3, 0.4) is 0 Å². The molecule has 26 heavy (non-hydrogen) atoms. The summed E-state index contributed by atoms with van der Waals surface area (Å²) in [5, 5.41) is 17.6. The molecule has 0 atom stereocenters. The van der Waals surface area contributed by atoms with E-state index in [0.717, 1.165) is 22.3 Å². The molecule has 0 radical (unpaired) electrons. The van der Waals surface area contributed by atoms with E-state index in [2.05, 4.69) is 16.3 Å². The highest BCUT2D eigenvalue weighted by Gasteiger charge is 2.10. The molecule has 0 saturated carbocycles. The van der Waals surface area contributed by atoms with Gasteiger partial charge in [-0.1, -0.05) is 48.0 Å². The molecule has 0 aliphatic carbocycles. The second-order valence-electron chi connectivity index (χ2n) is 5.66. The molecule has 0 unspecified atom stereocenters. The summed E-state index contributed by atoms with van der Waals surface area (Å²) in [6, 6.07) is 24.8. The summed E-state index contributed by atoms with van der Waals surface area (Å²) in [5.74, 6) is 0.955. The summed E-state index contributed by atoms with van der Waals surface area (Å²) in [7, 11) is 0. The second-order valence-corrected chi connectivity index (χ2v) is 6.07. The molecule has 3 aromatic carbocycles. The summed E-state index contributed by atoms with van der Waals surface area (Å²) >= 11 is 6.11. The molecule has 4 aromatic rings. The van der Waals surface area contributed by atoms with Crippen molar-refractivity contribution in [3.63, 3.8) is 0 Å². The smallest absolute Gasteiger partial charge is 0.248 e. The Hall–Kier alpha value is -3.42. The van der Waals surface area contributed by atoms with Gasteiger partial charge in [0.05, 0.1) is 10.6 Å². The lowest BCUT2D eigenvalue weighted by Crippen LogP contribution is -1.83. The normalized spacial score (nSPS) is 10.5. The number of nitriles is 1. The van der Waals surface area contributed by atoms with Gasteiger partial charge < -0.3 is 4.42 Å². The van der Waals surface area contributed by atoms with Crippen molar-refractivity contribution in [1.29, 1.82) is 5.26 Å². The van der Waals surface area contributed by atoms with Gasteiger partial charge in [-0.05, 0) is 47.5 Å². The fourth-order valence-electron chi connectivity index (χ4n) is 2.63. The third kappa shape index (κ3) is 3.08. The first-order chi connectivity index (χ1) is 12.7. The molecule has 0 spiro atoms. The van der Waals surface area contributed by atoms with Crippen LogP contribution in [0.15, 0.2) is 77.2 Å². The zero-order valence-electron chi connectivity index (χ0n) is 13.6. The first-order valence-corrected chi connectivity index (χ1v) is 8.32. The Morgan fingerprint density at radius 3 is 1.92 bits per heavy atom. The Balaban J connectivity index is 1.62. The molecule has 4 nitrogen and oxygen atoms in total. The molecule has 0 fully saturated rings. The molecule has 0 bridgehead atoms. The van der Waals surface area contributed by atoms with E-state index in [-0.39, 0.29) is 0 Å². The summed E-state index contributed by atoms with van der Waals surface area (Å²) < 4.78 is 5.77. The largest absolute Gasteiger partial charge is 0.416 e. The minimum Gasteiger partial charge on any atom is -0.416 e. The number of halogens is 1. The van der Waals surface area contributed by atoms with Crippen molar-refractivity contribution in [1.82, 2.24) is 10.2 Å². The molecule has 0 aliphatic rings. The van der Waals surface area contributed by atoms with E-state index in [1.807, 2.05) is 60.7 Å². The lowest BCUT2D eigenvalue weighted by molar-refractivity contribution is 0.584. The molecular formula is C21H12ClN3O. The average molecular weight is 358 g/mol. The van der Waals surface area contributed by atoms with Crippen LogP contribution in [0, 0.1) is 11.3 Å². The molecule has 124 valence electrons. The number of aromatic nitrogens is 2. The van der Waals surface area contributed by atoms with Crippen molar-refractivity contribution < 1.29 is 4.42 Å². The van der Waals surface area contributed by atoms with Gasteiger partial charge in [-0.15, -0.1) is 10.2 Å². The summed E-state index contributed by atoms with van der Waals surface area (Å²) in [6.07, 6.45) is 0. The lowest BCUT2D eigenvalue weighted by atomic mass is 10.0. The fourth-order valence-corrected chi connectivity index (χ4v) is 2.85. The zero-order chi connectivity index (χ0) is 17.9. The molecule has 0 saturated heterocycles. The van der Waals surface area contributed by atoms with Gasteiger partial charge in [0.2, 0.25) is 11.8 Å². The predicted octanol–water partition coefficient (Wildman–Crippen LogP) is 5.60. The van der Waals surface area contributed by atoms with Gasteiger partial charge in [-0.2, -0.15) is 5.26 Å². The van der Waals surface area contributed by atoms with E-state index in [1.54, 1.807) is 12.1 Å². The van der Waals surface area contributed by atoms with Crippen LogP contribution in [0.5, 0.6) is 0 Å². The maximum Gasteiger partial charge on any atom is 0.248 e. The van der Waals surface area contributed by atoms with E-state index < -0.39 is 0 Å². The van der Waals surface area contributed by atoms with Crippen LogP contribution >= 0.6 is 11.6 Å². The Labute approximate surface area is 155 Å². The zero-order valence-corrected chi connectivity index (χ0v) is 14.3. The first-order valence-electron chi connectivity index (χ1n) is 7.94. The topological polar surface area (TPSA) is 62.7 Å². The van der Waals surface area contributed by atoms with Gasteiger partial charge in [0.1, 0.15) is 6.07 Å². The van der Waals surface area contributed by atoms with Crippen LogP contribution in [-0.4, -0.2) is 10.2 Å². The highest BCUT2D eigenvalue weighted by molar-refractivity contribution is 6.32. The Kier molecular flexibility index (Phi) is 4.22. The fraction of sp³-hybridized carbons (Fsp3) is 0. The molecule has 0 aliphatic heterocycles. The number of rotatable bonds is 3. The Morgan fingerprint density at radius 2 is 1.31 bits per heavy atom. The SMILES string of the molecule is N#Cc1ccc(-c2ccc(-c3nnc(-c4ccccc4)o3)cc2)cc1Cl. The lowest BCUT2D eigenvalue weighted by Gasteiger charge is -2.04. The minimum atomic E-state index is 0.443. The van der Waals surface area contributed by atoms with Crippen LogP contribution < -0.4 is 0 Å². The van der Waals surface area contributed by atoms with E-state index in [0.29, 0.717) is 22.4 Å². The maximum atomic E-state index is 8.97. The van der Waals surface area contributed by atoms with E-state index in [1.165, 1.54) is 0 Å². The number of nitrogens with zero attached hydrogens (tertiary/aromatic N) is 3. The summed E-state index contributed by atoms with van der Waals surface area (Å²) in [5.41, 5.74) is 4.11. The number of hydrogen-bond acceptors (Lipinski definition) is 4. The quantitative estimate of drug-likeness (QED) is 0.479. The molecule has 1 aromatic heterocycles. The third-order valence-electron chi connectivity index (χ3n) is 4.00. The summed E-state index contributed by atoms with van der Waals surface area (Å²) in [6.45, 7) is 0. The summed E-state index contributed by atoms with van der Waals surface area (Å²) in [4.78, 5) is 0. The van der Waals surface area contributed by atoms with Gasteiger partial charge >= 0.3 is 0 Å². The number of hydrogen-bond donors (Lipinski definition) is 0. The van der Waals surface area contributed by atoms with Crippen molar-refractivity contribution in [2.75, 3.05) is 0 Å². The predicted molar refractivity (Wildman–Crippen MR) is 100 cm³/mol. The van der Waals surface area contributed by atoms with Gasteiger partial charge in [0.15, 0.2) is 0 Å². The second kappa shape index (κ2) is 6.83. The minimum absolute atomic E-state index is 0.443. The van der Waals surface area contributed by atoms with Crippen LogP contribution in [0.4, 0.5) is 0 Å². The van der Waals surface area contributed by atoms with E-state index >= 15 is 0 Å². The van der Waals surface area contributed by atoms with Crippen LogP contribution in [0.2, 0.25) is 5.02 Å².